The summed E-state index contributed by atoms with van der Waals surface area (Å²) in [5.41, 5.74) is 0. The Morgan fingerprint density at radius 3 is 2.05 bits per heavy atom. The summed E-state index contributed by atoms with van der Waals surface area (Å²) < 4.78 is 5.25. The Morgan fingerprint density at radius 2 is 1.50 bits per heavy atom. The van der Waals surface area contributed by atoms with Gasteiger partial charge in [0.05, 0.1) is 26.3 Å². The molecule has 0 aliphatic carbocycles. The van der Waals surface area contributed by atoms with Crippen molar-refractivity contribution in [3.8, 4) is 0 Å². The Bertz CT molecular complexity index is 337. The van der Waals surface area contributed by atoms with Crippen LogP contribution in [0.3, 0.4) is 0 Å². The second-order valence-corrected chi connectivity index (χ2v) is 5.22. The summed E-state index contributed by atoms with van der Waals surface area (Å²) in [6, 6.07) is 0. The fourth-order valence-corrected chi connectivity index (χ4v) is 2.49. The molecule has 0 spiro atoms. The van der Waals surface area contributed by atoms with Crippen LogP contribution in [-0.2, 0) is 14.3 Å². The van der Waals surface area contributed by atoms with E-state index >= 15 is 0 Å². The molecule has 2 amide bonds. The average molecular weight is 284 g/mol. The van der Waals surface area contributed by atoms with E-state index in [4.69, 9.17) is 4.74 Å². The van der Waals surface area contributed by atoms with Gasteiger partial charge < -0.3 is 15.0 Å². The molecule has 0 aromatic rings. The first-order chi connectivity index (χ1) is 9.69. The van der Waals surface area contributed by atoms with Crippen molar-refractivity contribution < 1.29 is 14.3 Å². The minimum absolute atomic E-state index is 0.0443. The smallest absolute Gasteiger partial charge is 0.236 e. The lowest BCUT2D eigenvalue weighted by molar-refractivity contribution is -0.137. The second-order valence-electron chi connectivity index (χ2n) is 5.22. The third kappa shape index (κ3) is 4.43. The minimum Gasteiger partial charge on any atom is -0.378 e. The van der Waals surface area contributed by atoms with Gasteiger partial charge in [-0.3, -0.25) is 19.4 Å². The normalized spacial score (nSPS) is 21.8. The SMILES string of the molecule is CNC(=O)CN1CCN(CC(=O)N2CCOCC2)CC1. The van der Waals surface area contributed by atoms with Crippen molar-refractivity contribution in [3.05, 3.63) is 0 Å². The monoisotopic (exact) mass is 284 g/mol. The number of nitrogens with zero attached hydrogens (tertiary/aromatic N) is 3. The van der Waals surface area contributed by atoms with Gasteiger partial charge in [0.2, 0.25) is 11.8 Å². The highest BCUT2D eigenvalue weighted by Crippen LogP contribution is 2.04. The Kier molecular flexibility index (Phi) is 5.75. The predicted octanol–water partition coefficient (Wildman–Crippen LogP) is -1.79. The number of hydrogen-bond acceptors (Lipinski definition) is 5. The van der Waals surface area contributed by atoms with Gasteiger partial charge in [0.1, 0.15) is 0 Å². The van der Waals surface area contributed by atoms with Gasteiger partial charge in [-0.2, -0.15) is 0 Å². The molecule has 0 bridgehead atoms. The molecule has 0 unspecified atom stereocenters. The summed E-state index contributed by atoms with van der Waals surface area (Å²) >= 11 is 0. The quantitative estimate of drug-likeness (QED) is 0.660. The molecule has 114 valence electrons. The van der Waals surface area contributed by atoms with Crippen LogP contribution in [0.25, 0.3) is 0 Å². The number of carbonyl (C=O) groups excluding carboxylic acids is 2. The Hall–Kier alpha value is -1.18. The fraction of sp³-hybridized carbons (Fsp3) is 0.846. The van der Waals surface area contributed by atoms with Crippen LogP contribution in [0.1, 0.15) is 0 Å². The molecule has 2 aliphatic rings. The first kappa shape index (κ1) is 15.2. The molecule has 20 heavy (non-hydrogen) atoms. The van der Waals surface area contributed by atoms with Crippen molar-refractivity contribution in [2.45, 2.75) is 0 Å². The standard InChI is InChI=1S/C13H24N4O3/c1-14-12(18)10-15-2-4-16(5-3-15)11-13(19)17-6-8-20-9-7-17/h2-11H2,1H3,(H,14,18). The number of nitrogens with one attached hydrogen (secondary N) is 1. The zero-order valence-electron chi connectivity index (χ0n) is 12.1. The number of morpholine rings is 1. The van der Waals surface area contributed by atoms with Crippen molar-refractivity contribution in [1.82, 2.24) is 20.0 Å². The van der Waals surface area contributed by atoms with Gasteiger partial charge in [-0.15, -0.1) is 0 Å². The number of amides is 2. The van der Waals surface area contributed by atoms with Crippen LogP contribution in [0.4, 0.5) is 0 Å². The summed E-state index contributed by atoms with van der Waals surface area (Å²) in [7, 11) is 1.65. The molecular weight excluding hydrogens is 260 g/mol. The maximum atomic E-state index is 12.1. The first-order valence-corrected chi connectivity index (χ1v) is 7.20. The molecule has 0 radical (unpaired) electrons. The van der Waals surface area contributed by atoms with Gasteiger partial charge in [-0.05, 0) is 0 Å². The summed E-state index contributed by atoms with van der Waals surface area (Å²) in [5.74, 6) is 0.232. The molecule has 2 aliphatic heterocycles. The summed E-state index contributed by atoms with van der Waals surface area (Å²) in [6.07, 6.45) is 0. The fourth-order valence-electron chi connectivity index (χ4n) is 2.49. The lowest BCUT2D eigenvalue weighted by Gasteiger charge is -2.35. The van der Waals surface area contributed by atoms with Gasteiger partial charge >= 0.3 is 0 Å². The predicted molar refractivity (Wildman–Crippen MR) is 74.3 cm³/mol. The summed E-state index contributed by atoms with van der Waals surface area (Å²) in [6.45, 7) is 6.98. The van der Waals surface area contributed by atoms with Crippen molar-refractivity contribution in [2.24, 2.45) is 0 Å². The molecule has 7 nitrogen and oxygen atoms in total. The Balaban J connectivity index is 1.68. The highest BCUT2D eigenvalue weighted by atomic mass is 16.5. The zero-order valence-corrected chi connectivity index (χ0v) is 12.1. The first-order valence-electron chi connectivity index (χ1n) is 7.20. The highest BCUT2D eigenvalue weighted by Gasteiger charge is 2.23. The van der Waals surface area contributed by atoms with Crippen LogP contribution < -0.4 is 5.32 Å². The van der Waals surface area contributed by atoms with Crippen molar-refractivity contribution in [2.75, 3.05) is 72.6 Å². The molecular formula is C13H24N4O3. The van der Waals surface area contributed by atoms with Gasteiger partial charge in [-0.1, -0.05) is 0 Å². The van der Waals surface area contributed by atoms with Crippen LogP contribution in [0.15, 0.2) is 0 Å². The summed E-state index contributed by atoms with van der Waals surface area (Å²) in [4.78, 5) is 29.6. The molecule has 2 rings (SSSR count). The number of piperazine rings is 1. The molecule has 2 saturated heterocycles. The van der Waals surface area contributed by atoms with E-state index in [1.54, 1.807) is 7.05 Å². The molecule has 2 heterocycles. The minimum atomic E-state index is 0.0443. The van der Waals surface area contributed by atoms with E-state index in [9.17, 15) is 9.59 Å². The van der Waals surface area contributed by atoms with E-state index in [0.717, 1.165) is 26.2 Å². The van der Waals surface area contributed by atoms with E-state index < -0.39 is 0 Å². The van der Waals surface area contributed by atoms with Crippen LogP contribution in [0.5, 0.6) is 0 Å². The topological polar surface area (TPSA) is 65.1 Å². The Labute approximate surface area is 119 Å². The maximum absolute atomic E-state index is 12.1. The van der Waals surface area contributed by atoms with Gasteiger partial charge in [-0.25, -0.2) is 0 Å². The maximum Gasteiger partial charge on any atom is 0.236 e. The largest absolute Gasteiger partial charge is 0.378 e. The summed E-state index contributed by atoms with van der Waals surface area (Å²) in [5, 5.41) is 2.63. The number of carbonyl (C=O) groups is 2. The molecule has 7 heteroatoms. The van der Waals surface area contributed by atoms with Crippen LogP contribution in [0, 0.1) is 0 Å². The van der Waals surface area contributed by atoms with Gasteiger partial charge in [0, 0.05) is 46.3 Å². The third-order valence-corrected chi connectivity index (χ3v) is 3.83. The molecule has 0 aromatic carbocycles. The molecule has 0 saturated carbocycles. The van der Waals surface area contributed by atoms with Crippen molar-refractivity contribution in [3.63, 3.8) is 0 Å². The number of rotatable bonds is 4. The molecule has 0 aromatic heterocycles. The van der Waals surface area contributed by atoms with Crippen molar-refractivity contribution in [1.29, 1.82) is 0 Å². The number of likely N-dealkylation sites (N-methyl/N-ethyl adjacent to an activating group) is 1. The van der Waals surface area contributed by atoms with E-state index in [0.29, 0.717) is 39.4 Å². The van der Waals surface area contributed by atoms with E-state index in [1.165, 1.54) is 0 Å². The lowest BCUT2D eigenvalue weighted by atomic mass is 10.3. The molecule has 0 atom stereocenters. The number of ether oxygens (including phenoxy) is 1. The van der Waals surface area contributed by atoms with E-state index in [2.05, 4.69) is 15.1 Å². The Morgan fingerprint density at radius 1 is 0.950 bits per heavy atom. The molecule has 1 N–H and O–H groups in total. The lowest BCUT2D eigenvalue weighted by Crippen LogP contribution is -2.52. The van der Waals surface area contributed by atoms with E-state index in [1.807, 2.05) is 4.90 Å². The van der Waals surface area contributed by atoms with Crippen LogP contribution in [0.2, 0.25) is 0 Å². The average Bonchev–Trinajstić information content (AvgIpc) is 2.50. The van der Waals surface area contributed by atoms with Crippen LogP contribution in [-0.4, -0.2) is 99.1 Å². The van der Waals surface area contributed by atoms with Gasteiger partial charge in [0.15, 0.2) is 0 Å². The highest BCUT2D eigenvalue weighted by molar-refractivity contribution is 5.78. The van der Waals surface area contributed by atoms with Crippen LogP contribution >= 0.6 is 0 Å². The zero-order chi connectivity index (χ0) is 14.4. The van der Waals surface area contributed by atoms with Gasteiger partial charge in [0.25, 0.3) is 0 Å². The third-order valence-electron chi connectivity index (χ3n) is 3.83. The van der Waals surface area contributed by atoms with E-state index in [-0.39, 0.29) is 11.8 Å². The number of hydrogen-bond donors (Lipinski definition) is 1. The second kappa shape index (κ2) is 7.56. The molecule has 2 fully saturated rings. The van der Waals surface area contributed by atoms with Crippen molar-refractivity contribution >= 4 is 11.8 Å².